The van der Waals surface area contributed by atoms with E-state index in [1.807, 2.05) is 26.8 Å². The minimum atomic E-state index is -0.559. The Balaban J connectivity index is 2.46. The van der Waals surface area contributed by atoms with E-state index < -0.39 is 11.7 Å². The zero-order valence-electron chi connectivity index (χ0n) is 9.24. The van der Waals surface area contributed by atoms with E-state index in [1.165, 1.54) is 0 Å². The number of benzene rings is 1. The van der Waals surface area contributed by atoms with Crippen LogP contribution < -0.4 is 4.74 Å². The van der Waals surface area contributed by atoms with Crippen molar-refractivity contribution in [1.82, 2.24) is 0 Å². The van der Waals surface area contributed by atoms with Gasteiger partial charge in [0.15, 0.2) is 0 Å². The summed E-state index contributed by atoms with van der Waals surface area (Å²) in [4.78, 5) is 0. The average molecular weight is 208 g/mol. The Hall–Kier alpha value is -1.22. The van der Waals surface area contributed by atoms with Crippen molar-refractivity contribution in [3.63, 3.8) is 0 Å². The third kappa shape index (κ3) is 1.67. The van der Waals surface area contributed by atoms with Crippen molar-refractivity contribution in [1.29, 1.82) is 0 Å². The predicted octanol–water partition coefficient (Wildman–Crippen LogP) is 1.78. The van der Waals surface area contributed by atoms with E-state index in [2.05, 4.69) is 0 Å². The van der Waals surface area contributed by atoms with Gasteiger partial charge in [0.2, 0.25) is 0 Å². The summed E-state index contributed by atoms with van der Waals surface area (Å²) in [6.07, 6.45) is -0.0111. The minimum Gasteiger partial charge on any atom is -0.508 e. The van der Waals surface area contributed by atoms with Crippen LogP contribution in [0.2, 0.25) is 0 Å². The maximum Gasteiger partial charge on any atom is 0.129 e. The molecule has 3 heteroatoms. The highest BCUT2D eigenvalue weighted by Gasteiger charge is 2.35. The van der Waals surface area contributed by atoms with Crippen LogP contribution in [0, 0.1) is 6.92 Å². The van der Waals surface area contributed by atoms with Crippen LogP contribution in [-0.2, 0) is 6.42 Å². The molecule has 1 aromatic carbocycles. The molecule has 0 radical (unpaired) electrons. The number of hydrogen-bond acceptors (Lipinski definition) is 3. The number of phenols is 1. The molecule has 82 valence electrons. The number of aliphatic hydroxyl groups excluding tert-OH is 1. The van der Waals surface area contributed by atoms with Crippen molar-refractivity contribution < 1.29 is 14.9 Å². The molecule has 1 atom stereocenters. The monoisotopic (exact) mass is 208 g/mol. The van der Waals surface area contributed by atoms with E-state index in [0.29, 0.717) is 6.42 Å². The molecule has 1 aliphatic heterocycles. The van der Waals surface area contributed by atoms with Crippen LogP contribution in [0.1, 0.15) is 25.0 Å². The van der Waals surface area contributed by atoms with Gasteiger partial charge in [0, 0.05) is 12.0 Å². The molecule has 1 heterocycles. The number of fused-ring (bicyclic) bond motifs is 1. The number of aliphatic hydroxyl groups is 1. The minimum absolute atomic E-state index is 0.254. The lowest BCUT2D eigenvalue weighted by Crippen LogP contribution is -2.46. The van der Waals surface area contributed by atoms with Gasteiger partial charge in [-0.1, -0.05) is 0 Å². The van der Waals surface area contributed by atoms with E-state index in [-0.39, 0.29) is 5.75 Å². The topological polar surface area (TPSA) is 49.7 Å². The molecule has 0 unspecified atom stereocenters. The summed E-state index contributed by atoms with van der Waals surface area (Å²) in [7, 11) is 0. The van der Waals surface area contributed by atoms with E-state index in [0.717, 1.165) is 16.9 Å². The van der Waals surface area contributed by atoms with Crippen molar-refractivity contribution in [2.24, 2.45) is 0 Å². The second-order valence-corrected chi connectivity index (χ2v) is 4.67. The van der Waals surface area contributed by atoms with Gasteiger partial charge in [-0.25, -0.2) is 0 Å². The number of ether oxygens (including phenoxy) is 1. The molecule has 0 amide bonds. The summed E-state index contributed by atoms with van der Waals surface area (Å²) in [5, 5.41) is 19.4. The first kappa shape index (κ1) is 10.3. The normalized spacial score (nSPS) is 23.1. The molecule has 2 N–H and O–H groups in total. The van der Waals surface area contributed by atoms with Crippen LogP contribution >= 0.6 is 0 Å². The fourth-order valence-corrected chi connectivity index (χ4v) is 1.77. The molecule has 0 aliphatic carbocycles. The Bertz CT molecular complexity index is 396. The number of aryl methyl sites for hydroxylation is 1. The zero-order valence-corrected chi connectivity index (χ0v) is 9.24. The third-order valence-electron chi connectivity index (χ3n) is 2.97. The Morgan fingerprint density at radius 3 is 2.73 bits per heavy atom. The summed E-state index contributed by atoms with van der Waals surface area (Å²) in [5.41, 5.74) is 1.10. The van der Waals surface area contributed by atoms with Crippen LogP contribution in [-0.4, -0.2) is 21.9 Å². The van der Waals surface area contributed by atoms with Gasteiger partial charge in [-0.15, -0.1) is 0 Å². The van der Waals surface area contributed by atoms with E-state index in [4.69, 9.17) is 4.74 Å². The summed E-state index contributed by atoms with van der Waals surface area (Å²) >= 11 is 0. The molecular weight excluding hydrogens is 192 g/mol. The van der Waals surface area contributed by atoms with Gasteiger partial charge < -0.3 is 14.9 Å². The molecule has 0 bridgehead atoms. The maximum absolute atomic E-state index is 9.84. The zero-order chi connectivity index (χ0) is 11.2. The van der Waals surface area contributed by atoms with Gasteiger partial charge in [0.25, 0.3) is 0 Å². The van der Waals surface area contributed by atoms with Gasteiger partial charge in [-0.3, -0.25) is 0 Å². The molecule has 1 aliphatic rings. The first-order valence-electron chi connectivity index (χ1n) is 5.10. The largest absolute Gasteiger partial charge is 0.508 e. The highest BCUT2D eigenvalue weighted by atomic mass is 16.5. The molecule has 15 heavy (non-hydrogen) atoms. The maximum atomic E-state index is 9.84. The fourth-order valence-electron chi connectivity index (χ4n) is 1.77. The van der Waals surface area contributed by atoms with Crippen LogP contribution in [0.4, 0.5) is 0 Å². The molecule has 2 rings (SSSR count). The van der Waals surface area contributed by atoms with Gasteiger partial charge in [0.05, 0.1) is 6.10 Å². The Kier molecular flexibility index (Phi) is 2.15. The van der Waals surface area contributed by atoms with Crippen LogP contribution in [0.3, 0.4) is 0 Å². The first-order valence-corrected chi connectivity index (χ1v) is 5.10. The number of rotatable bonds is 0. The third-order valence-corrected chi connectivity index (χ3v) is 2.97. The van der Waals surface area contributed by atoms with Gasteiger partial charge in [-0.2, -0.15) is 0 Å². The number of aromatic hydroxyl groups is 1. The van der Waals surface area contributed by atoms with Crippen LogP contribution in [0.15, 0.2) is 12.1 Å². The van der Waals surface area contributed by atoms with Gasteiger partial charge >= 0.3 is 0 Å². The van der Waals surface area contributed by atoms with Gasteiger partial charge in [0.1, 0.15) is 17.1 Å². The van der Waals surface area contributed by atoms with Crippen molar-refractivity contribution >= 4 is 0 Å². The van der Waals surface area contributed by atoms with Crippen LogP contribution in [0.25, 0.3) is 0 Å². The lowest BCUT2D eigenvalue weighted by atomic mass is 9.90. The van der Waals surface area contributed by atoms with Gasteiger partial charge in [-0.05, 0) is 38.5 Å². The number of phenolic OH excluding ortho intramolecular Hbond substituents is 1. The summed E-state index contributed by atoms with van der Waals surface area (Å²) in [6.45, 7) is 5.56. The highest BCUT2D eigenvalue weighted by Crippen LogP contribution is 2.36. The SMILES string of the molecule is Cc1cc2c(cc1O)C[C@@H](O)C(C)(C)O2. The molecule has 0 fully saturated rings. The fraction of sp³-hybridized carbons (Fsp3) is 0.500. The predicted molar refractivity (Wildman–Crippen MR) is 57.3 cm³/mol. The van der Waals surface area contributed by atoms with Crippen molar-refractivity contribution in [2.45, 2.75) is 38.9 Å². The summed E-state index contributed by atoms with van der Waals surface area (Å²) < 4.78 is 5.71. The molecular formula is C12H16O3. The molecule has 0 spiro atoms. The van der Waals surface area contributed by atoms with E-state index >= 15 is 0 Å². The van der Waals surface area contributed by atoms with Crippen molar-refractivity contribution in [3.8, 4) is 11.5 Å². The quantitative estimate of drug-likeness (QED) is 0.683. The smallest absolute Gasteiger partial charge is 0.129 e. The molecule has 0 aromatic heterocycles. The molecule has 3 nitrogen and oxygen atoms in total. The van der Waals surface area contributed by atoms with E-state index in [9.17, 15) is 10.2 Å². The van der Waals surface area contributed by atoms with Crippen molar-refractivity contribution in [2.75, 3.05) is 0 Å². The second-order valence-electron chi connectivity index (χ2n) is 4.67. The Labute approximate surface area is 89.3 Å². The second kappa shape index (κ2) is 3.14. The summed E-state index contributed by atoms with van der Waals surface area (Å²) in [5.74, 6) is 1.02. The Morgan fingerprint density at radius 1 is 1.40 bits per heavy atom. The van der Waals surface area contributed by atoms with Crippen LogP contribution in [0.5, 0.6) is 11.5 Å². The highest BCUT2D eigenvalue weighted by molar-refractivity contribution is 5.47. The van der Waals surface area contributed by atoms with E-state index in [1.54, 1.807) is 6.07 Å². The number of hydrogen-bond donors (Lipinski definition) is 2. The Morgan fingerprint density at radius 2 is 2.07 bits per heavy atom. The standard InChI is InChI=1S/C12H16O3/c1-7-4-10-8(5-9(7)13)6-11(14)12(2,3)15-10/h4-5,11,13-14H,6H2,1-3H3/t11-/m1/s1. The molecule has 1 aromatic rings. The summed E-state index contributed by atoms with van der Waals surface area (Å²) in [6, 6.07) is 3.49. The molecule has 0 saturated heterocycles. The first-order chi connectivity index (χ1) is 6.90. The average Bonchev–Trinajstić information content (AvgIpc) is 2.11. The lowest BCUT2D eigenvalue weighted by Gasteiger charge is -2.37. The lowest BCUT2D eigenvalue weighted by molar-refractivity contribution is -0.0412. The van der Waals surface area contributed by atoms with Crippen molar-refractivity contribution in [3.05, 3.63) is 23.3 Å². The molecule has 0 saturated carbocycles.